The number of carbonyl (C=O) groups excluding carboxylic acids is 1. The maximum Gasteiger partial charge on any atom is 0.238 e. The summed E-state index contributed by atoms with van der Waals surface area (Å²) in [5.41, 5.74) is 10.2. The van der Waals surface area contributed by atoms with Crippen LogP contribution in [0.15, 0.2) is 0 Å². The van der Waals surface area contributed by atoms with E-state index in [9.17, 15) is 4.79 Å². The van der Waals surface area contributed by atoms with Crippen LogP contribution in [0, 0.1) is 5.92 Å². The molecule has 0 aromatic heterocycles. The molecule has 4 heteroatoms. The van der Waals surface area contributed by atoms with E-state index in [1.54, 1.807) is 6.92 Å². The minimum Gasteiger partial charge on any atom is -0.368 e. The molecule has 0 bridgehead atoms. The zero-order valence-electron chi connectivity index (χ0n) is 9.99. The maximum absolute atomic E-state index is 11.2. The van der Waals surface area contributed by atoms with E-state index in [2.05, 4.69) is 18.7 Å². The van der Waals surface area contributed by atoms with Gasteiger partial charge in [-0.3, -0.25) is 9.69 Å². The molecule has 15 heavy (non-hydrogen) atoms. The molecule has 1 saturated carbocycles. The minimum absolute atomic E-state index is 0.410. The largest absolute Gasteiger partial charge is 0.368 e. The van der Waals surface area contributed by atoms with Gasteiger partial charge in [-0.1, -0.05) is 0 Å². The fourth-order valence-corrected chi connectivity index (χ4v) is 1.59. The molecule has 1 aliphatic carbocycles. The number of nitrogens with two attached hydrogens (primary N) is 2. The first kappa shape index (κ1) is 12.5. The molecule has 1 fully saturated rings. The molecule has 0 radical (unpaired) electrons. The highest BCUT2D eigenvalue weighted by Crippen LogP contribution is 2.30. The summed E-state index contributed by atoms with van der Waals surface area (Å²) in [6.45, 7) is 7.55. The lowest BCUT2D eigenvalue weighted by molar-refractivity contribution is -0.123. The Morgan fingerprint density at radius 1 is 1.53 bits per heavy atom. The zero-order chi connectivity index (χ0) is 11.6. The molecular formula is C11H23N3O. The third-order valence-corrected chi connectivity index (χ3v) is 3.01. The van der Waals surface area contributed by atoms with E-state index in [0.717, 1.165) is 12.5 Å². The van der Waals surface area contributed by atoms with E-state index in [1.165, 1.54) is 12.8 Å². The van der Waals surface area contributed by atoms with Crippen LogP contribution in [0.2, 0.25) is 0 Å². The van der Waals surface area contributed by atoms with Crippen molar-refractivity contribution in [2.24, 2.45) is 17.4 Å². The zero-order valence-corrected chi connectivity index (χ0v) is 9.99. The molecule has 4 nitrogen and oxygen atoms in total. The number of primary amides is 1. The van der Waals surface area contributed by atoms with Crippen molar-refractivity contribution in [1.82, 2.24) is 4.90 Å². The summed E-state index contributed by atoms with van der Waals surface area (Å²) < 4.78 is 0. The van der Waals surface area contributed by atoms with Crippen molar-refractivity contribution in [1.29, 1.82) is 0 Å². The van der Waals surface area contributed by atoms with Crippen molar-refractivity contribution in [3.63, 3.8) is 0 Å². The van der Waals surface area contributed by atoms with Gasteiger partial charge in [0.25, 0.3) is 0 Å². The fraction of sp³-hybridized carbons (Fsp3) is 0.909. The van der Waals surface area contributed by atoms with Crippen LogP contribution >= 0.6 is 0 Å². The Kier molecular flexibility index (Phi) is 3.73. The third kappa shape index (κ3) is 3.80. The first-order valence-corrected chi connectivity index (χ1v) is 5.66. The Labute approximate surface area is 92.0 Å². The van der Waals surface area contributed by atoms with Crippen LogP contribution in [0.4, 0.5) is 0 Å². The highest BCUT2D eigenvalue weighted by atomic mass is 16.1. The monoisotopic (exact) mass is 213 g/mol. The van der Waals surface area contributed by atoms with Gasteiger partial charge < -0.3 is 11.5 Å². The third-order valence-electron chi connectivity index (χ3n) is 3.01. The molecule has 0 aromatic rings. The second-order valence-electron chi connectivity index (χ2n) is 5.25. The molecular weight excluding hydrogens is 190 g/mol. The number of hydrogen-bond donors (Lipinski definition) is 2. The highest BCUT2D eigenvalue weighted by molar-refractivity contribution is 5.84. The van der Waals surface area contributed by atoms with Gasteiger partial charge in [0.05, 0.1) is 0 Å². The molecule has 0 spiro atoms. The molecule has 1 rings (SSSR count). The van der Waals surface area contributed by atoms with Crippen LogP contribution in [0.25, 0.3) is 0 Å². The Morgan fingerprint density at radius 3 is 2.40 bits per heavy atom. The molecule has 1 unspecified atom stereocenters. The maximum atomic E-state index is 11.2. The lowest BCUT2D eigenvalue weighted by Gasteiger charge is -2.33. The SMILES string of the molecule is CC(C)N(CC1CC1)CC(C)(N)C(N)=O. The summed E-state index contributed by atoms with van der Waals surface area (Å²) >= 11 is 0. The summed E-state index contributed by atoms with van der Waals surface area (Å²) in [7, 11) is 0. The van der Waals surface area contributed by atoms with Crippen molar-refractivity contribution < 1.29 is 4.79 Å². The first-order chi connectivity index (χ1) is 6.83. The second kappa shape index (κ2) is 4.49. The number of nitrogens with zero attached hydrogens (tertiary/aromatic N) is 1. The van der Waals surface area contributed by atoms with Crippen LogP contribution in [0.5, 0.6) is 0 Å². The van der Waals surface area contributed by atoms with E-state index >= 15 is 0 Å². The van der Waals surface area contributed by atoms with E-state index in [-0.39, 0.29) is 0 Å². The van der Waals surface area contributed by atoms with Gasteiger partial charge in [0, 0.05) is 19.1 Å². The van der Waals surface area contributed by atoms with Gasteiger partial charge in [0.2, 0.25) is 5.91 Å². The number of rotatable bonds is 6. The first-order valence-electron chi connectivity index (χ1n) is 5.66. The van der Waals surface area contributed by atoms with Crippen LogP contribution in [-0.2, 0) is 4.79 Å². The van der Waals surface area contributed by atoms with Crippen LogP contribution in [-0.4, -0.2) is 35.5 Å². The summed E-state index contributed by atoms with van der Waals surface area (Å²) in [6, 6.07) is 0.410. The van der Waals surface area contributed by atoms with Gasteiger partial charge >= 0.3 is 0 Å². The van der Waals surface area contributed by atoms with Crippen LogP contribution in [0.1, 0.15) is 33.6 Å². The molecule has 0 aromatic carbocycles. The molecule has 1 atom stereocenters. The van der Waals surface area contributed by atoms with Crippen molar-refractivity contribution in [2.45, 2.75) is 45.2 Å². The van der Waals surface area contributed by atoms with Crippen molar-refractivity contribution >= 4 is 5.91 Å². The summed E-state index contributed by atoms with van der Waals surface area (Å²) in [5, 5.41) is 0. The van der Waals surface area contributed by atoms with Crippen molar-refractivity contribution in [3.8, 4) is 0 Å². The molecule has 0 saturated heterocycles. The fourth-order valence-electron chi connectivity index (χ4n) is 1.59. The van der Waals surface area contributed by atoms with Gasteiger partial charge in [-0.15, -0.1) is 0 Å². The number of amides is 1. The average Bonchev–Trinajstić information content (AvgIpc) is 2.86. The lowest BCUT2D eigenvalue weighted by Crippen LogP contribution is -2.58. The molecule has 0 aliphatic heterocycles. The van der Waals surface area contributed by atoms with Gasteiger partial charge in [-0.2, -0.15) is 0 Å². The van der Waals surface area contributed by atoms with E-state index in [4.69, 9.17) is 11.5 Å². The summed E-state index contributed by atoms with van der Waals surface area (Å²) in [4.78, 5) is 13.4. The smallest absolute Gasteiger partial charge is 0.238 e. The Balaban J connectivity index is 2.52. The quantitative estimate of drug-likeness (QED) is 0.667. The predicted molar refractivity (Wildman–Crippen MR) is 61.2 cm³/mol. The minimum atomic E-state index is -0.918. The van der Waals surface area contributed by atoms with Crippen LogP contribution in [0.3, 0.4) is 0 Å². The van der Waals surface area contributed by atoms with Gasteiger partial charge in [0.15, 0.2) is 0 Å². The predicted octanol–water partition coefficient (Wildman–Crippen LogP) is 0.310. The van der Waals surface area contributed by atoms with Crippen LogP contribution < -0.4 is 11.5 Å². The highest BCUT2D eigenvalue weighted by Gasteiger charge is 2.32. The Morgan fingerprint density at radius 2 is 2.07 bits per heavy atom. The topological polar surface area (TPSA) is 72.3 Å². The van der Waals surface area contributed by atoms with E-state index in [1.807, 2.05) is 0 Å². The second-order valence-corrected chi connectivity index (χ2v) is 5.25. The van der Waals surface area contributed by atoms with Gasteiger partial charge in [-0.25, -0.2) is 0 Å². The molecule has 1 aliphatic rings. The van der Waals surface area contributed by atoms with E-state index in [0.29, 0.717) is 12.6 Å². The number of carbonyl (C=O) groups is 1. The number of hydrogen-bond acceptors (Lipinski definition) is 3. The van der Waals surface area contributed by atoms with Crippen molar-refractivity contribution in [2.75, 3.05) is 13.1 Å². The lowest BCUT2D eigenvalue weighted by atomic mass is 10.0. The molecule has 1 amide bonds. The normalized spacial score (nSPS) is 20.7. The molecule has 0 heterocycles. The molecule has 4 N–H and O–H groups in total. The Bertz CT molecular complexity index is 234. The van der Waals surface area contributed by atoms with E-state index < -0.39 is 11.4 Å². The molecule has 88 valence electrons. The Hall–Kier alpha value is -0.610. The van der Waals surface area contributed by atoms with Crippen molar-refractivity contribution in [3.05, 3.63) is 0 Å². The van der Waals surface area contributed by atoms with Gasteiger partial charge in [0.1, 0.15) is 5.54 Å². The average molecular weight is 213 g/mol. The summed E-state index contributed by atoms with van der Waals surface area (Å²) in [5.74, 6) is 0.375. The standard InChI is InChI=1S/C11H23N3O/c1-8(2)14(6-9-4-5-9)7-11(3,13)10(12)15/h8-9H,4-7,13H2,1-3H3,(H2,12,15). The van der Waals surface area contributed by atoms with Gasteiger partial charge in [-0.05, 0) is 39.5 Å². The summed E-state index contributed by atoms with van der Waals surface area (Å²) in [6.07, 6.45) is 2.61.